The third-order valence-electron chi connectivity index (χ3n) is 4.04. The zero-order valence-electron chi connectivity index (χ0n) is 14.8. The molecule has 0 atom stereocenters. The van der Waals surface area contributed by atoms with E-state index in [4.69, 9.17) is 0 Å². The molecule has 0 fully saturated rings. The standard InChI is InChI=1S/C18H18N4O4S/c1-12-7-9-13(10-8-12)27(25,26)21-18(24)19-11-16-20-15-6-4-3-5-14(15)17(23)22(16)2/h3-10H,11H2,1-2H3,(H2,19,21,24). The Kier molecular flexibility index (Phi) is 4.95. The number of amides is 2. The van der Waals surface area contributed by atoms with Crippen LogP contribution in [0.5, 0.6) is 0 Å². The van der Waals surface area contributed by atoms with Crippen molar-refractivity contribution in [3.8, 4) is 0 Å². The van der Waals surface area contributed by atoms with Gasteiger partial charge in [0.1, 0.15) is 5.82 Å². The van der Waals surface area contributed by atoms with E-state index < -0.39 is 16.1 Å². The van der Waals surface area contributed by atoms with Crippen LogP contribution in [0.3, 0.4) is 0 Å². The second kappa shape index (κ2) is 7.20. The maximum absolute atomic E-state index is 12.3. The molecule has 2 aromatic carbocycles. The van der Waals surface area contributed by atoms with E-state index >= 15 is 0 Å². The highest BCUT2D eigenvalue weighted by Gasteiger charge is 2.17. The molecule has 1 heterocycles. The number of aryl methyl sites for hydroxylation is 1. The Hall–Kier alpha value is -3.20. The lowest BCUT2D eigenvalue weighted by Crippen LogP contribution is -2.40. The normalized spacial score (nSPS) is 11.3. The first-order chi connectivity index (χ1) is 12.8. The van der Waals surface area contributed by atoms with Crippen LogP contribution >= 0.6 is 0 Å². The predicted molar refractivity (Wildman–Crippen MR) is 101 cm³/mol. The summed E-state index contributed by atoms with van der Waals surface area (Å²) in [5.74, 6) is 0.307. The van der Waals surface area contributed by atoms with Gasteiger partial charge in [-0.15, -0.1) is 0 Å². The molecule has 0 aliphatic carbocycles. The molecule has 0 saturated heterocycles. The topological polar surface area (TPSA) is 110 Å². The van der Waals surface area contributed by atoms with E-state index in [1.807, 2.05) is 11.6 Å². The Balaban J connectivity index is 1.74. The summed E-state index contributed by atoms with van der Waals surface area (Å²) < 4.78 is 27.7. The Bertz CT molecular complexity index is 1170. The van der Waals surface area contributed by atoms with Crippen LogP contribution in [0, 0.1) is 6.92 Å². The van der Waals surface area contributed by atoms with Crippen LogP contribution in [0.15, 0.2) is 58.2 Å². The summed E-state index contributed by atoms with van der Waals surface area (Å²) in [5, 5.41) is 2.89. The van der Waals surface area contributed by atoms with Crippen molar-refractivity contribution >= 4 is 27.0 Å². The molecule has 2 N–H and O–H groups in total. The van der Waals surface area contributed by atoms with E-state index in [2.05, 4.69) is 10.3 Å². The molecule has 140 valence electrons. The molecular weight excluding hydrogens is 368 g/mol. The summed E-state index contributed by atoms with van der Waals surface area (Å²) in [4.78, 5) is 28.7. The fraction of sp³-hybridized carbons (Fsp3) is 0.167. The summed E-state index contributed by atoms with van der Waals surface area (Å²) in [6, 6.07) is 12.1. The van der Waals surface area contributed by atoms with Crippen LogP contribution in [0.4, 0.5) is 4.79 Å². The number of rotatable bonds is 4. The van der Waals surface area contributed by atoms with E-state index in [9.17, 15) is 18.0 Å². The zero-order valence-corrected chi connectivity index (χ0v) is 15.6. The maximum Gasteiger partial charge on any atom is 0.329 e. The first-order valence-electron chi connectivity index (χ1n) is 8.10. The number of para-hydroxylation sites is 1. The smallest absolute Gasteiger partial charge is 0.329 e. The molecule has 0 unspecified atom stereocenters. The summed E-state index contributed by atoms with van der Waals surface area (Å²) in [6.45, 7) is 1.73. The SMILES string of the molecule is Cc1ccc(S(=O)(=O)NC(=O)NCc2nc3ccccc3c(=O)n2C)cc1. The highest BCUT2D eigenvalue weighted by Crippen LogP contribution is 2.10. The molecule has 2 amide bonds. The van der Waals surface area contributed by atoms with E-state index in [1.54, 1.807) is 43.4 Å². The molecule has 9 heteroatoms. The predicted octanol–water partition coefficient (Wildman–Crippen LogP) is 1.43. The average molecular weight is 386 g/mol. The first kappa shape index (κ1) is 18.6. The van der Waals surface area contributed by atoms with Crippen molar-refractivity contribution in [3.63, 3.8) is 0 Å². The Morgan fingerprint density at radius 3 is 2.48 bits per heavy atom. The number of nitrogens with zero attached hydrogens (tertiary/aromatic N) is 2. The average Bonchev–Trinajstić information content (AvgIpc) is 2.63. The molecule has 0 spiro atoms. The van der Waals surface area contributed by atoms with Crippen LogP contribution in [0.25, 0.3) is 10.9 Å². The minimum atomic E-state index is -3.98. The molecule has 3 rings (SSSR count). The third kappa shape index (κ3) is 3.98. The van der Waals surface area contributed by atoms with Gasteiger partial charge in [-0.25, -0.2) is 22.9 Å². The van der Waals surface area contributed by atoms with Gasteiger partial charge in [-0.3, -0.25) is 9.36 Å². The Morgan fingerprint density at radius 1 is 1.11 bits per heavy atom. The van der Waals surface area contributed by atoms with Crippen LogP contribution in [0.1, 0.15) is 11.4 Å². The van der Waals surface area contributed by atoms with Gasteiger partial charge >= 0.3 is 6.03 Å². The molecule has 3 aromatic rings. The van der Waals surface area contributed by atoms with Gasteiger partial charge in [0, 0.05) is 7.05 Å². The number of nitrogens with one attached hydrogen (secondary N) is 2. The number of sulfonamides is 1. The zero-order chi connectivity index (χ0) is 19.6. The Labute approximate surface area is 155 Å². The number of hydrogen-bond acceptors (Lipinski definition) is 5. The number of fused-ring (bicyclic) bond motifs is 1. The van der Waals surface area contributed by atoms with Crippen LogP contribution in [0.2, 0.25) is 0 Å². The van der Waals surface area contributed by atoms with Crippen molar-refractivity contribution in [1.82, 2.24) is 19.6 Å². The maximum atomic E-state index is 12.3. The van der Waals surface area contributed by atoms with Gasteiger partial charge < -0.3 is 5.32 Å². The van der Waals surface area contributed by atoms with Crippen molar-refractivity contribution in [2.45, 2.75) is 18.4 Å². The highest BCUT2D eigenvalue weighted by molar-refractivity contribution is 7.90. The van der Waals surface area contributed by atoms with Crippen molar-refractivity contribution < 1.29 is 13.2 Å². The van der Waals surface area contributed by atoms with Gasteiger partial charge in [0.05, 0.1) is 22.3 Å². The summed E-state index contributed by atoms with van der Waals surface area (Å²) in [6.07, 6.45) is 0. The molecule has 0 saturated carbocycles. The van der Waals surface area contributed by atoms with Crippen molar-refractivity contribution in [2.75, 3.05) is 0 Å². The van der Waals surface area contributed by atoms with E-state index in [1.165, 1.54) is 16.7 Å². The van der Waals surface area contributed by atoms with Crippen LogP contribution in [-0.2, 0) is 23.6 Å². The van der Waals surface area contributed by atoms with E-state index in [-0.39, 0.29) is 17.0 Å². The number of hydrogen-bond donors (Lipinski definition) is 2. The second-order valence-electron chi connectivity index (χ2n) is 6.01. The van der Waals surface area contributed by atoms with Gasteiger partial charge in [-0.05, 0) is 31.2 Å². The lowest BCUT2D eigenvalue weighted by atomic mass is 10.2. The molecule has 0 aliphatic rings. The summed E-state index contributed by atoms with van der Waals surface area (Å²) >= 11 is 0. The van der Waals surface area contributed by atoms with Gasteiger partial charge in [0.2, 0.25) is 0 Å². The lowest BCUT2D eigenvalue weighted by molar-refractivity contribution is 0.245. The van der Waals surface area contributed by atoms with Gasteiger partial charge in [0.25, 0.3) is 15.6 Å². The van der Waals surface area contributed by atoms with Gasteiger partial charge in [-0.2, -0.15) is 0 Å². The van der Waals surface area contributed by atoms with Gasteiger partial charge in [-0.1, -0.05) is 29.8 Å². The number of urea groups is 1. The van der Waals surface area contributed by atoms with E-state index in [0.29, 0.717) is 16.7 Å². The molecule has 8 nitrogen and oxygen atoms in total. The number of aromatic nitrogens is 2. The van der Waals surface area contributed by atoms with E-state index in [0.717, 1.165) is 5.56 Å². The summed E-state index contributed by atoms with van der Waals surface area (Å²) in [5.41, 5.74) is 1.16. The number of carbonyl (C=O) groups excluding carboxylic acids is 1. The number of carbonyl (C=O) groups is 1. The fourth-order valence-electron chi connectivity index (χ4n) is 2.52. The second-order valence-corrected chi connectivity index (χ2v) is 7.69. The molecule has 27 heavy (non-hydrogen) atoms. The molecule has 0 aliphatic heterocycles. The molecule has 1 aromatic heterocycles. The van der Waals surface area contributed by atoms with Crippen molar-refractivity contribution in [3.05, 3.63) is 70.3 Å². The largest absolute Gasteiger partial charge is 0.330 e. The first-order valence-corrected chi connectivity index (χ1v) is 9.58. The van der Waals surface area contributed by atoms with Crippen LogP contribution in [-0.4, -0.2) is 24.0 Å². The minimum absolute atomic E-state index is 0.0144. The summed E-state index contributed by atoms with van der Waals surface area (Å²) in [7, 11) is -2.44. The van der Waals surface area contributed by atoms with Crippen molar-refractivity contribution in [1.29, 1.82) is 0 Å². The molecule has 0 bridgehead atoms. The quantitative estimate of drug-likeness (QED) is 0.705. The number of benzene rings is 2. The van der Waals surface area contributed by atoms with Gasteiger partial charge in [0.15, 0.2) is 0 Å². The third-order valence-corrected chi connectivity index (χ3v) is 5.39. The Morgan fingerprint density at radius 2 is 1.78 bits per heavy atom. The molecular formula is C18H18N4O4S. The highest BCUT2D eigenvalue weighted by atomic mass is 32.2. The fourth-order valence-corrected chi connectivity index (χ4v) is 3.44. The van der Waals surface area contributed by atoms with Crippen LogP contribution < -0.4 is 15.6 Å². The minimum Gasteiger partial charge on any atom is -0.330 e. The molecule has 0 radical (unpaired) electrons. The lowest BCUT2D eigenvalue weighted by Gasteiger charge is -2.11. The monoisotopic (exact) mass is 386 g/mol. The van der Waals surface area contributed by atoms with Crippen molar-refractivity contribution in [2.24, 2.45) is 7.05 Å².